The van der Waals surface area contributed by atoms with Crippen LogP contribution in [0, 0.1) is 0 Å². The van der Waals surface area contributed by atoms with Crippen LogP contribution < -0.4 is 5.73 Å². The maximum atomic E-state index is 12.5. The van der Waals surface area contributed by atoms with Crippen LogP contribution in [0.2, 0.25) is 0 Å². The molecule has 2 heterocycles. The highest BCUT2D eigenvalue weighted by Crippen LogP contribution is 2.29. The van der Waals surface area contributed by atoms with E-state index in [9.17, 15) is 13.5 Å². The number of hydrogen-bond donors (Lipinski definition) is 2. The van der Waals surface area contributed by atoms with E-state index in [2.05, 4.69) is 20.2 Å². The van der Waals surface area contributed by atoms with Crippen LogP contribution in [0.1, 0.15) is 0 Å². The van der Waals surface area contributed by atoms with E-state index >= 15 is 0 Å². The van der Waals surface area contributed by atoms with Gasteiger partial charge in [0, 0.05) is 17.7 Å². The van der Waals surface area contributed by atoms with Crippen LogP contribution in [-0.2, 0) is 9.84 Å². The Morgan fingerprint density at radius 2 is 1.61 bits per heavy atom. The summed E-state index contributed by atoms with van der Waals surface area (Å²) in [7, 11) is 0.268. The molecule has 0 saturated carbocycles. The van der Waals surface area contributed by atoms with Crippen LogP contribution in [-0.4, -0.2) is 65.0 Å². The van der Waals surface area contributed by atoms with Gasteiger partial charge in [-0.05, 0) is 50.5 Å². The fraction of sp³-hybridized carbons (Fsp3) is 0.182. The van der Waals surface area contributed by atoms with Crippen molar-refractivity contribution in [3.8, 4) is 40.0 Å². The molecule has 2 aromatic carbocycles. The van der Waals surface area contributed by atoms with Gasteiger partial charge in [0.25, 0.3) is 5.89 Å². The van der Waals surface area contributed by atoms with E-state index in [1.165, 1.54) is 18.3 Å². The van der Waals surface area contributed by atoms with Gasteiger partial charge in [-0.2, -0.15) is 0 Å². The highest BCUT2D eigenvalue weighted by molar-refractivity contribution is 7.91. The zero-order valence-electron chi connectivity index (χ0n) is 18.0. The number of nitrogen functional groups attached to an aromatic ring is 1. The molecule has 11 heteroatoms. The average molecular weight is 467 g/mol. The zero-order valence-corrected chi connectivity index (χ0v) is 18.8. The predicted octanol–water partition coefficient (Wildman–Crippen LogP) is 2.48. The van der Waals surface area contributed by atoms with E-state index < -0.39 is 9.84 Å². The van der Waals surface area contributed by atoms with Crippen LogP contribution in [0.25, 0.3) is 34.3 Å². The molecule has 0 aliphatic carbocycles. The van der Waals surface area contributed by atoms with E-state index in [-0.39, 0.29) is 39.7 Å². The van der Waals surface area contributed by atoms with Crippen molar-refractivity contribution in [2.75, 3.05) is 32.1 Å². The summed E-state index contributed by atoms with van der Waals surface area (Å²) in [6.45, 7) is 0.438. The van der Waals surface area contributed by atoms with Crippen LogP contribution in [0.15, 0.2) is 64.0 Å². The summed E-state index contributed by atoms with van der Waals surface area (Å²) < 4.78 is 30.7. The van der Waals surface area contributed by atoms with E-state index in [0.29, 0.717) is 23.4 Å². The standard InChI is InChI=1S/C22H22N6O4S/c1-28(2)11-12-33(30,31)17-9-5-14(6-10-17)18-13-24-20(23)19(25-18)22-27-26-21(32-22)15-3-7-16(29)8-4-15/h3-10,13,29H,11-12H2,1-2H3,(H2,23,24). The number of hydrogen-bond acceptors (Lipinski definition) is 10. The number of benzene rings is 2. The Morgan fingerprint density at radius 1 is 0.970 bits per heavy atom. The summed E-state index contributed by atoms with van der Waals surface area (Å²) in [5, 5.41) is 17.5. The minimum Gasteiger partial charge on any atom is -0.508 e. The zero-order chi connectivity index (χ0) is 23.6. The number of phenols is 1. The number of aromatic hydroxyl groups is 1. The Hall–Kier alpha value is -3.83. The lowest BCUT2D eigenvalue weighted by Gasteiger charge is -2.10. The number of rotatable bonds is 7. The van der Waals surface area contributed by atoms with Gasteiger partial charge in [-0.3, -0.25) is 0 Å². The molecule has 0 amide bonds. The second-order valence-corrected chi connectivity index (χ2v) is 9.70. The average Bonchev–Trinajstić information content (AvgIpc) is 3.29. The largest absolute Gasteiger partial charge is 0.508 e. The van der Waals surface area contributed by atoms with E-state index in [1.807, 2.05) is 19.0 Å². The maximum absolute atomic E-state index is 12.5. The van der Waals surface area contributed by atoms with Crippen molar-refractivity contribution in [3.63, 3.8) is 0 Å². The summed E-state index contributed by atoms with van der Waals surface area (Å²) in [6, 6.07) is 12.8. The first-order valence-electron chi connectivity index (χ1n) is 9.96. The maximum Gasteiger partial charge on any atom is 0.270 e. The monoisotopic (exact) mass is 466 g/mol. The lowest BCUT2D eigenvalue weighted by atomic mass is 10.1. The van der Waals surface area contributed by atoms with Crippen molar-refractivity contribution < 1.29 is 17.9 Å². The molecule has 0 bridgehead atoms. The molecule has 0 aliphatic heterocycles. The first-order chi connectivity index (χ1) is 15.7. The molecule has 3 N–H and O–H groups in total. The topological polar surface area (TPSA) is 148 Å². The summed E-state index contributed by atoms with van der Waals surface area (Å²) in [5.41, 5.74) is 7.96. The lowest BCUT2D eigenvalue weighted by Crippen LogP contribution is -2.21. The van der Waals surface area contributed by atoms with Gasteiger partial charge >= 0.3 is 0 Å². The Balaban J connectivity index is 1.61. The van der Waals surface area contributed by atoms with Gasteiger partial charge in [-0.25, -0.2) is 18.4 Å². The van der Waals surface area contributed by atoms with Gasteiger partial charge < -0.3 is 20.2 Å². The highest BCUT2D eigenvalue weighted by atomic mass is 32.2. The molecular formula is C22H22N6O4S. The summed E-state index contributed by atoms with van der Waals surface area (Å²) in [4.78, 5) is 10.7. The van der Waals surface area contributed by atoms with Crippen LogP contribution in [0.4, 0.5) is 5.82 Å². The molecule has 0 unspecified atom stereocenters. The SMILES string of the molecule is CN(C)CCS(=O)(=O)c1ccc(-c2cnc(N)c(-c3nnc(-c4ccc(O)cc4)o3)n2)cc1. The van der Waals surface area contributed by atoms with E-state index in [4.69, 9.17) is 10.2 Å². The molecule has 0 aliphatic rings. The van der Waals surface area contributed by atoms with E-state index in [0.717, 1.165) is 0 Å². The third-order valence-corrected chi connectivity index (χ3v) is 6.57. The van der Waals surface area contributed by atoms with Crippen molar-refractivity contribution >= 4 is 15.7 Å². The first kappa shape index (κ1) is 22.4. The number of sulfone groups is 1. The van der Waals surface area contributed by atoms with E-state index in [1.54, 1.807) is 36.4 Å². The fourth-order valence-corrected chi connectivity index (χ4v) is 4.38. The van der Waals surface area contributed by atoms with Crippen molar-refractivity contribution in [2.24, 2.45) is 0 Å². The van der Waals surface area contributed by atoms with Gasteiger partial charge in [-0.15, -0.1) is 10.2 Å². The number of phenolic OH excluding ortho intramolecular Hbond substituents is 1. The number of anilines is 1. The molecule has 4 aromatic rings. The molecule has 4 rings (SSSR count). The Labute approximate surface area is 190 Å². The smallest absolute Gasteiger partial charge is 0.270 e. The van der Waals surface area contributed by atoms with Gasteiger partial charge in [0.2, 0.25) is 5.89 Å². The lowest BCUT2D eigenvalue weighted by molar-refractivity contribution is 0.432. The van der Waals surface area contributed by atoms with Crippen molar-refractivity contribution in [3.05, 3.63) is 54.7 Å². The third-order valence-electron chi connectivity index (χ3n) is 4.86. The molecule has 0 atom stereocenters. The summed E-state index contributed by atoms with van der Waals surface area (Å²) in [5.74, 6) is 0.600. The minimum atomic E-state index is -3.39. The van der Waals surface area contributed by atoms with Crippen molar-refractivity contribution in [1.29, 1.82) is 0 Å². The second-order valence-electron chi connectivity index (χ2n) is 7.59. The molecule has 0 fully saturated rings. The molecule has 0 spiro atoms. The first-order valence-corrected chi connectivity index (χ1v) is 11.6. The molecular weight excluding hydrogens is 444 g/mol. The summed E-state index contributed by atoms with van der Waals surface area (Å²) in [6.07, 6.45) is 1.49. The molecule has 170 valence electrons. The van der Waals surface area contributed by atoms with Crippen LogP contribution in [0.3, 0.4) is 0 Å². The molecule has 33 heavy (non-hydrogen) atoms. The van der Waals surface area contributed by atoms with Gasteiger partial charge in [-0.1, -0.05) is 12.1 Å². The van der Waals surface area contributed by atoms with Gasteiger partial charge in [0.1, 0.15) is 5.75 Å². The Morgan fingerprint density at radius 3 is 2.27 bits per heavy atom. The fourth-order valence-electron chi connectivity index (χ4n) is 2.99. The Kier molecular flexibility index (Phi) is 6.07. The van der Waals surface area contributed by atoms with Crippen molar-refractivity contribution in [2.45, 2.75) is 4.90 Å². The molecule has 0 saturated heterocycles. The quantitative estimate of drug-likeness (QED) is 0.416. The molecule has 0 radical (unpaired) electrons. The predicted molar refractivity (Wildman–Crippen MR) is 123 cm³/mol. The summed E-state index contributed by atoms with van der Waals surface area (Å²) >= 11 is 0. The molecule has 10 nitrogen and oxygen atoms in total. The normalized spacial score (nSPS) is 11.7. The van der Waals surface area contributed by atoms with Crippen molar-refractivity contribution in [1.82, 2.24) is 25.1 Å². The van der Waals surface area contributed by atoms with Gasteiger partial charge in [0.15, 0.2) is 21.3 Å². The highest BCUT2D eigenvalue weighted by Gasteiger charge is 2.18. The third kappa shape index (κ3) is 4.99. The Bertz CT molecular complexity index is 1370. The number of nitrogens with two attached hydrogens (primary N) is 1. The second kappa shape index (κ2) is 8.96. The van der Waals surface area contributed by atoms with Crippen LogP contribution >= 0.6 is 0 Å². The minimum absolute atomic E-state index is 0.0334. The number of aromatic nitrogens is 4. The van der Waals surface area contributed by atoms with Gasteiger partial charge in [0.05, 0.1) is 22.5 Å². The number of nitrogens with zero attached hydrogens (tertiary/aromatic N) is 5. The molecule has 2 aromatic heterocycles. The van der Waals surface area contributed by atoms with Crippen LogP contribution in [0.5, 0.6) is 5.75 Å².